The van der Waals surface area contributed by atoms with E-state index in [1.54, 1.807) is 0 Å². The van der Waals surface area contributed by atoms with Crippen LogP contribution >= 0.6 is 23.4 Å². The van der Waals surface area contributed by atoms with Crippen LogP contribution < -0.4 is 5.32 Å². The smallest absolute Gasteiger partial charge is 0.0412 e. The zero-order valence-electron chi connectivity index (χ0n) is 11.8. The van der Waals surface area contributed by atoms with E-state index in [-0.39, 0.29) is 0 Å². The molecule has 1 unspecified atom stereocenters. The molecule has 0 bridgehead atoms. The summed E-state index contributed by atoms with van der Waals surface area (Å²) < 4.78 is 0.304. The average molecular weight is 286 g/mol. The van der Waals surface area contributed by atoms with Crippen molar-refractivity contribution in [3.05, 3.63) is 34.9 Å². The molecule has 1 aromatic carbocycles. The summed E-state index contributed by atoms with van der Waals surface area (Å²) in [5.41, 5.74) is 1.32. The Morgan fingerprint density at radius 3 is 2.33 bits per heavy atom. The summed E-state index contributed by atoms with van der Waals surface area (Å²) in [4.78, 5) is 0. The van der Waals surface area contributed by atoms with Crippen LogP contribution in [0.5, 0.6) is 0 Å². The second-order valence-electron chi connectivity index (χ2n) is 5.48. The Bertz CT molecular complexity index is 343. The van der Waals surface area contributed by atoms with Crippen molar-refractivity contribution in [1.29, 1.82) is 0 Å². The van der Waals surface area contributed by atoms with Gasteiger partial charge in [-0.15, -0.1) is 0 Å². The molecule has 0 heterocycles. The van der Waals surface area contributed by atoms with Crippen LogP contribution in [0.2, 0.25) is 5.02 Å². The summed E-state index contributed by atoms with van der Waals surface area (Å²) in [6.45, 7) is 10.0. The molecule has 0 radical (unpaired) electrons. The maximum absolute atomic E-state index is 5.94. The van der Waals surface area contributed by atoms with Gasteiger partial charge in [-0.25, -0.2) is 0 Å². The van der Waals surface area contributed by atoms with E-state index in [2.05, 4.69) is 45.1 Å². The molecule has 0 aliphatic carbocycles. The summed E-state index contributed by atoms with van der Waals surface area (Å²) in [5.74, 6) is 1.09. The second kappa shape index (κ2) is 7.42. The van der Waals surface area contributed by atoms with Crippen molar-refractivity contribution < 1.29 is 0 Å². The van der Waals surface area contributed by atoms with Crippen LogP contribution in [0.4, 0.5) is 0 Å². The highest BCUT2D eigenvalue weighted by atomic mass is 35.5. The molecule has 102 valence electrons. The van der Waals surface area contributed by atoms with E-state index in [1.165, 1.54) is 5.56 Å². The van der Waals surface area contributed by atoms with Gasteiger partial charge in [0.25, 0.3) is 0 Å². The molecule has 18 heavy (non-hydrogen) atoms. The molecule has 0 aliphatic heterocycles. The van der Waals surface area contributed by atoms with Gasteiger partial charge in [0.15, 0.2) is 0 Å². The lowest BCUT2D eigenvalue weighted by atomic mass is 10.1. The third kappa shape index (κ3) is 6.12. The lowest BCUT2D eigenvalue weighted by molar-refractivity contribution is 0.575. The number of hydrogen-bond donors (Lipinski definition) is 1. The highest BCUT2D eigenvalue weighted by molar-refractivity contribution is 8.00. The minimum atomic E-state index is 0.304. The van der Waals surface area contributed by atoms with Crippen LogP contribution in [0, 0.1) is 0 Å². The molecule has 1 aromatic rings. The lowest BCUT2D eigenvalue weighted by Crippen LogP contribution is -2.25. The first kappa shape index (κ1) is 15.9. The summed E-state index contributed by atoms with van der Waals surface area (Å²) in [7, 11) is 0. The van der Waals surface area contributed by atoms with Gasteiger partial charge in [-0.1, -0.05) is 51.4 Å². The zero-order valence-corrected chi connectivity index (χ0v) is 13.4. The van der Waals surface area contributed by atoms with Gasteiger partial charge in [0, 0.05) is 21.6 Å². The first-order valence-electron chi connectivity index (χ1n) is 6.55. The predicted octanol–water partition coefficient (Wildman–Crippen LogP) is 4.91. The number of halogens is 1. The molecular weight excluding hydrogens is 262 g/mol. The van der Waals surface area contributed by atoms with Crippen molar-refractivity contribution in [2.24, 2.45) is 0 Å². The van der Waals surface area contributed by atoms with Gasteiger partial charge in [0.05, 0.1) is 0 Å². The quantitative estimate of drug-likeness (QED) is 0.797. The zero-order chi connectivity index (χ0) is 13.6. The van der Waals surface area contributed by atoms with Gasteiger partial charge in [-0.05, 0) is 30.7 Å². The first-order chi connectivity index (χ1) is 8.42. The van der Waals surface area contributed by atoms with Gasteiger partial charge < -0.3 is 5.32 Å². The maximum atomic E-state index is 5.94. The van der Waals surface area contributed by atoms with E-state index in [4.69, 9.17) is 11.6 Å². The number of nitrogens with one attached hydrogen (secondary N) is 1. The molecule has 1 atom stereocenters. The third-order valence-corrected chi connectivity index (χ3v) is 4.21. The minimum absolute atomic E-state index is 0.304. The molecule has 0 aromatic heterocycles. The molecular formula is C15H24ClNS. The molecule has 1 nitrogen and oxygen atoms in total. The highest BCUT2D eigenvalue weighted by Gasteiger charge is 2.16. The number of benzene rings is 1. The summed E-state index contributed by atoms with van der Waals surface area (Å²) >= 11 is 7.94. The van der Waals surface area contributed by atoms with E-state index >= 15 is 0 Å². The average Bonchev–Trinajstić information content (AvgIpc) is 2.29. The van der Waals surface area contributed by atoms with Crippen LogP contribution in [0.3, 0.4) is 0 Å². The summed E-state index contributed by atoms with van der Waals surface area (Å²) in [6.07, 6.45) is 1.16. The highest BCUT2D eigenvalue weighted by Crippen LogP contribution is 2.28. The second-order valence-corrected chi connectivity index (χ2v) is 7.76. The van der Waals surface area contributed by atoms with E-state index in [0.717, 1.165) is 23.7 Å². The lowest BCUT2D eigenvalue weighted by Gasteiger charge is -2.24. The van der Waals surface area contributed by atoms with Crippen molar-refractivity contribution in [2.45, 2.75) is 44.9 Å². The summed E-state index contributed by atoms with van der Waals surface area (Å²) in [6, 6.07) is 8.60. The van der Waals surface area contributed by atoms with Gasteiger partial charge in [-0.2, -0.15) is 11.8 Å². The Hall–Kier alpha value is -0.180. The van der Waals surface area contributed by atoms with Gasteiger partial charge in [0.1, 0.15) is 0 Å². The van der Waals surface area contributed by atoms with Crippen LogP contribution in [-0.2, 0) is 0 Å². The van der Waals surface area contributed by atoms with Crippen LogP contribution in [0.1, 0.15) is 45.7 Å². The molecule has 1 rings (SSSR count). The number of hydrogen-bond acceptors (Lipinski definition) is 2. The Kier molecular flexibility index (Phi) is 6.54. The van der Waals surface area contributed by atoms with Gasteiger partial charge in [-0.3, -0.25) is 0 Å². The summed E-state index contributed by atoms with van der Waals surface area (Å²) in [5, 5.41) is 4.42. The Balaban J connectivity index is 2.68. The molecule has 0 aliphatic rings. The minimum Gasteiger partial charge on any atom is -0.309 e. The Labute approximate surface area is 121 Å². The van der Waals surface area contributed by atoms with E-state index in [1.807, 2.05) is 23.9 Å². The fraction of sp³-hybridized carbons (Fsp3) is 0.600. The molecule has 0 saturated carbocycles. The van der Waals surface area contributed by atoms with E-state index in [0.29, 0.717) is 10.8 Å². The largest absolute Gasteiger partial charge is 0.309 e. The standard InChI is InChI=1S/C15H24ClNS/c1-5-10-17-14(11-18-15(2,3)4)12-6-8-13(16)9-7-12/h6-9,14,17H,5,10-11H2,1-4H3. The van der Waals surface area contributed by atoms with Gasteiger partial charge >= 0.3 is 0 Å². The molecule has 0 saturated heterocycles. The molecule has 1 N–H and O–H groups in total. The third-order valence-electron chi connectivity index (χ3n) is 2.60. The Morgan fingerprint density at radius 2 is 1.83 bits per heavy atom. The fourth-order valence-corrected chi connectivity index (χ4v) is 2.72. The monoisotopic (exact) mass is 285 g/mol. The van der Waals surface area contributed by atoms with Crippen LogP contribution in [0.25, 0.3) is 0 Å². The van der Waals surface area contributed by atoms with Crippen molar-refractivity contribution >= 4 is 23.4 Å². The van der Waals surface area contributed by atoms with Gasteiger partial charge in [0.2, 0.25) is 0 Å². The first-order valence-corrected chi connectivity index (χ1v) is 7.91. The topological polar surface area (TPSA) is 12.0 Å². The van der Waals surface area contributed by atoms with E-state index < -0.39 is 0 Å². The molecule has 0 fully saturated rings. The van der Waals surface area contributed by atoms with Crippen molar-refractivity contribution in [1.82, 2.24) is 5.32 Å². The Morgan fingerprint density at radius 1 is 1.22 bits per heavy atom. The van der Waals surface area contributed by atoms with Crippen LogP contribution in [0.15, 0.2) is 24.3 Å². The molecule has 3 heteroatoms. The fourth-order valence-electron chi connectivity index (χ4n) is 1.62. The normalized spacial score (nSPS) is 13.6. The maximum Gasteiger partial charge on any atom is 0.0412 e. The number of thioether (sulfide) groups is 1. The predicted molar refractivity (Wildman–Crippen MR) is 84.7 cm³/mol. The van der Waals surface area contributed by atoms with Crippen molar-refractivity contribution in [3.63, 3.8) is 0 Å². The van der Waals surface area contributed by atoms with Crippen molar-refractivity contribution in [3.8, 4) is 0 Å². The molecule has 0 amide bonds. The molecule has 0 spiro atoms. The van der Waals surface area contributed by atoms with Crippen LogP contribution in [-0.4, -0.2) is 17.0 Å². The SMILES string of the molecule is CCCNC(CSC(C)(C)C)c1ccc(Cl)cc1. The number of rotatable bonds is 6. The van der Waals surface area contributed by atoms with Crippen molar-refractivity contribution in [2.75, 3.05) is 12.3 Å². The van der Waals surface area contributed by atoms with E-state index in [9.17, 15) is 0 Å².